The molecule has 1 aromatic carbocycles. The normalized spacial score (nSPS) is 23.3. The predicted molar refractivity (Wildman–Crippen MR) is 118 cm³/mol. The highest BCUT2D eigenvalue weighted by Crippen LogP contribution is 2.35. The molecule has 0 radical (unpaired) electrons. The molecule has 3 aromatic rings. The number of nitrogens with one attached hydrogen (secondary N) is 2. The zero-order chi connectivity index (χ0) is 25.2. The number of amides is 1. The van der Waals surface area contributed by atoms with Crippen LogP contribution in [0.2, 0.25) is 0 Å². The van der Waals surface area contributed by atoms with Crippen LogP contribution in [0, 0.1) is 0 Å². The van der Waals surface area contributed by atoms with Crippen molar-refractivity contribution in [2.24, 2.45) is 0 Å². The van der Waals surface area contributed by atoms with Crippen LogP contribution in [0.25, 0.3) is 10.9 Å². The third kappa shape index (κ3) is 5.86. The molecule has 0 saturated carbocycles. The number of nitrogen functional groups attached to an aromatic ring is 1. The number of anilines is 1. The lowest BCUT2D eigenvalue weighted by Crippen LogP contribution is -2.48. The number of aromatic nitrogens is 4. The maximum absolute atomic E-state index is 12.5. The molecule has 188 valence electrons. The summed E-state index contributed by atoms with van der Waals surface area (Å²) < 4.78 is 53.0. The summed E-state index contributed by atoms with van der Waals surface area (Å²) in [6, 6.07) is 7.55. The topological polar surface area (TPSA) is 137 Å². The summed E-state index contributed by atoms with van der Waals surface area (Å²) in [5.74, 6) is -1.07. The monoisotopic (exact) mass is 494 g/mol. The van der Waals surface area contributed by atoms with Crippen molar-refractivity contribution in [3.05, 3.63) is 48.0 Å². The lowest BCUT2D eigenvalue weighted by molar-refractivity contribution is -0.153. The fraction of sp³-hybridized carbons (Fsp3) is 0.455. The highest BCUT2D eigenvalue weighted by molar-refractivity contribution is 6.04. The first kappa shape index (κ1) is 24.8. The maximum Gasteiger partial charge on any atom is 0.434 e. The molecule has 5 rings (SSSR count). The Morgan fingerprint density at radius 2 is 2.03 bits per heavy atom. The van der Waals surface area contributed by atoms with Crippen LogP contribution in [-0.2, 0) is 20.4 Å². The largest absolute Gasteiger partial charge is 0.434 e. The molecule has 13 heteroatoms. The molecule has 2 aliphatic rings. The third-order valence-electron chi connectivity index (χ3n) is 5.42. The minimum Gasteiger partial charge on any atom is -0.382 e. The zero-order valence-electron chi connectivity index (χ0n) is 19.0. The molecule has 3 unspecified atom stereocenters. The number of benzene rings is 1. The number of fused-ring (bicyclic) bond motifs is 2. The van der Waals surface area contributed by atoms with Crippen molar-refractivity contribution in [1.29, 1.82) is 0 Å². The van der Waals surface area contributed by atoms with Gasteiger partial charge in [-0.25, -0.2) is 4.98 Å². The number of alkyl halides is 3. The van der Waals surface area contributed by atoms with Crippen LogP contribution < -0.4 is 11.1 Å². The van der Waals surface area contributed by atoms with E-state index in [0.29, 0.717) is 25.0 Å². The van der Waals surface area contributed by atoms with Crippen molar-refractivity contribution in [3.63, 3.8) is 0 Å². The van der Waals surface area contributed by atoms with Crippen molar-refractivity contribution < 1.29 is 32.2 Å². The van der Waals surface area contributed by atoms with E-state index in [1.165, 1.54) is 0 Å². The van der Waals surface area contributed by atoms with E-state index in [4.69, 9.17) is 19.9 Å². The Hall–Kier alpha value is -3.29. The summed E-state index contributed by atoms with van der Waals surface area (Å²) in [6.45, 7) is 4.76. The van der Waals surface area contributed by atoms with Crippen LogP contribution >= 0.6 is 0 Å². The van der Waals surface area contributed by atoms with Gasteiger partial charge in [-0.1, -0.05) is 18.2 Å². The number of carbonyl (C=O) groups excluding carboxylic acids is 1. The molecule has 35 heavy (non-hydrogen) atoms. The number of rotatable bonds is 3. The van der Waals surface area contributed by atoms with Gasteiger partial charge in [0.05, 0.1) is 24.0 Å². The molecule has 0 aliphatic carbocycles. The number of nitrogens with zero attached hydrogens (tertiary/aromatic N) is 3. The average molecular weight is 494 g/mol. The number of H-pyrrole nitrogens is 1. The van der Waals surface area contributed by atoms with E-state index in [1.807, 2.05) is 38.1 Å². The third-order valence-corrected chi connectivity index (χ3v) is 5.42. The Morgan fingerprint density at radius 3 is 2.74 bits per heavy atom. The molecule has 10 nitrogen and oxygen atoms in total. The molecule has 2 aromatic heterocycles. The van der Waals surface area contributed by atoms with Gasteiger partial charge in [0, 0.05) is 18.5 Å². The van der Waals surface area contributed by atoms with E-state index in [-0.39, 0.29) is 30.0 Å². The summed E-state index contributed by atoms with van der Waals surface area (Å²) in [6.07, 6.45) is -2.36. The number of halogens is 3. The van der Waals surface area contributed by atoms with E-state index < -0.39 is 17.7 Å². The van der Waals surface area contributed by atoms with Gasteiger partial charge in [0.2, 0.25) is 0 Å². The van der Waals surface area contributed by atoms with Crippen molar-refractivity contribution in [3.8, 4) is 0 Å². The maximum atomic E-state index is 12.5. The second-order valence-corrected chi connectivity index (χ2v) is 8.49. The van der Waals surface area contributed by atoms with Crippen molar-refractivity contribution >= 4 is 22.6 Å². The molecule has 2 saturated heterocycles. The van der Waals surface area contributed by atoms with Gasteiger partial charge in [0.15, 0.2) is 17.2 Å². The Bertz CT molecular complexity index is 1190. The summed E-state index contributed by atoms with van der Waals surface area (Å²) in [5, 5.41) is 10.7. The average Bonchev–Trinajstić information content (AvgIpc) is 3.37. The molecule has 2 fully saturated rings. The fourth-order valence-electron chi connectivity index (χ4n) is 3.94. The Kier molecular flexibility index (Phi) is 6.92. The van der Waals surface area contributed by atoms with Crippen LogP contribution in [0.15, 0.2) is 36.7 Å². The SMILES string of the molecule is CC1(C)OC2CCOC(CNC(=O)c3n[nH]c4ccccc34)C2O1.Nc1cncc(C(F)(F)F)n1. The first-order valence-corrected chi connectivity index (χ1v) is 10.9. The van der Waals surface area contributed by atoms with Crippen molar-refractivity contribution in [1.82, 2.24) is 25.5 Å². The van der Waals surface area contributed by atoms with Crippen molar-refractivity contribution in [2.75, 3.05) is 18.9 Å². The summed E-state index contributed by atoms with van der Waals surface area (Å²) in [5.41, 5.74) is 5.14. The van der Waals surface area contributed by atoms with Crippen LogP contribution in [0.1, 0.15) is 36.5 Å². The molecule has 1 amide bonds. The summed E-state index contributed by atoms with van der Waals surface area (Å²) in [7, 11) is 0. The first-order chi connectivity index (χ1) is 16.5. The van der Waals surface area contributed by atoms with Gasteiger partial charge in [-0.3, -0.25) is 14.9 Å². The number of para-hydroxylation sites is 1. The van der Waals surface area contributed by atoms with Gasteiger partial charge >= 0.3 is 6.18 Å². The van der Waals surface area contributed by atoms with E-state index in [2.05, 4.69) is 25.5 Å². The second-order valence-electron chi connectivity index (χ2n) is 8.49. The predicted octanol–water partition coefficient (Wildman–Crippen LogP) is 2.68. The molecular formula is C22H25F3N6O4. The number of carbonyl (C=O) groups is 1. The van der Waals surface area contributed by atoms with E-state index in [9.17, 15) is 18.0 Å². The quantitative estimate of drug-likeness (QED) is 0.506. The standard InChI is InChI=1S/C17H21N3O4.C5H4F3N3/c1-17(2)23-12-7-8-22-13(15(12)24-17)9-18-16(21)14-10-5-3-4-6-11(10)19-20-14;6-5(7,8)3-1-10-2-4(9)11-3/h3-6,12-13,15H,7-9H2,1-2H3,(H,18,21)(H,19,20);1-2H,(H2,9,11). The van der Waals surface area contributed by atoms with Crippen LogP contribution in [0.4, 0.5) is 19.0 Å². The van der Waals surface area contributed by atoms with Gasteiger partial charge in [-0.15, -0.1) is 0 Å². The Balaban J connectivity index is 0.000000221. The molecule has 0 bridgehead atoms. The summed E-state index contributed by atoms with van der Waals surface area (Å²) >= 11 is 0. The molecule has 4 heterocycles. The minimum absolute atomic E-state index is 0.0156. The number of ether oxygens (including phenoxy) is 3. The van der Waals surface area contributed by atoms with Crippen molar-refractivity contribution in [2.45, 2.75) is 50.5 Å². The Morgan fingerprint density at radius 1 is 1.26 bits per heavy atom. The van der Waals surface area contributed by atoms with Gasteiger partial charge in [-0.05, 0) is 26.3 Å². The number of aromatic amines is 1. The molecule has 4 N–H and O–H groups in total. The van der Waals surface area contributed by atoms with Crippen LogP contribution in [-0.4, -0.2) is 63.3 Å². The smallest absolute Gasteiger partial charge is 0.382 e. The van der Waals surface area contributed by atoms with Gasteiger partial charge in [-0.2, -0.15) is 18.3 Å². The number of nitrogens with two attached hydrogens (primary N) is 1. The number of hydrogen-bond donors (Lipinski definition) is 3. The zero-order valence-corrected chi connectivity index (χ0v) is 19.0. The second kappa shape index (κ2) is 9.76. The molecular weight excluding hydrogens is 469 g/mol. The van der Waals surface area contributed by atoms with Crippen LogP contribution in [0.5, 0.6) is 0 Å². The highest BCUT2D eigenvalue weighted by Gasteiger charge is 2.47. The fourth-order valence-corrected chi connectivity index (χ4v) is 3.94. The lowest BCUT2D eigenvalue weighted by atomic mass is 10.0. The first-order valence-electron chi connectivity index (χ1n) is 10.9. The highest BCUT2D eigenvalue weighted by atomic mass is 19.4. The van der Waals surface area contributed by atoms with E-state index in [0.717, 1.165) is 23.5 Å². The van der Waals surface area contributed by atoms with Gasteiger partial charge < -0.3 is 25.3 Å². The lowest BCUT2D eigenvalue weighted by Gasteiger charge is -2.31. The molecule has 0 spiro atoms. The van der Waals surface area contributed by atoms with E-state index >= 15 is 0 Å². The Labute approximate surface area is 198 Å². The van der Waals surface area contributed by atoms with Crippen LogP contribution in [0.3, 0.4) is 0 Å². The molecule has 2 aliphatic heterocycles. The minimum atomic E-state index is -4.47. The molecule has 3 atom stereocenters. The van der Waals surface area contributed by atoms with E-state index in [1.54, 1.807) is 0 Å². The summed E-state index contributed by atoms with van der Waals surface area (Å²) in [4.78, 5) is 18.7. The van der Waals surface area contributed by atoms with Gasteiger partial charge in [0.1, 0.15) is 18.0 Å². The number of hydrogen-bond acceptors (Lipinski definition) is 8. The van der Waals surface area contributed by atoms with Gasteiger partial charge in [0.25, 0.3) is 5.91 Å².